The quantitative estimate of drug-likeness (QED) is 0.593. The van der Waals surface area contributed by atoms with Gasteiger partial charge in [-0.25, -0.2) is 14.4 Å². The van der Waals surface area contributed by atoms with Crippen molar-refractivity contribution in [2.24, 2.45) is 0 Å². The molecule has 2 nitrogen and oxygen atoms in total. The molecule has 0 atom stereocenters. The minimum atomic E-state index is -0.385. The van der Waals surface area contributed by atoms with Crippen LogP contribution in [0, 0.1) is 5.82 Å². The molecule has 0 aliphatic rings. The Kier molecular flexibility index (Phi) is 1.94. The third kappa shape index (κ3) is 1.50. The van der Waals surface area contributed by atoms with E-state index in [-0.39, 0.29) is 11.7 Å². The summed E-state index contributed by atoms with van der Waals surface area (Å²) in [5.41, 5.74) is 0. The van der Waals surface area contributed by atoms with Crippen LogP contribution in [0.15, 0.2) is 12.4 Å². The number of rotatable bonds is 1. The normalized spacial score (nSPS) is 10.4. The maximum atomic E-state index is 12.2. The van der Waals surface area contributed by atoms with E-state index in [0.29, 0.717) is 5.82 Å². The van der Waals surface area contributed by atoms with Crippen LogP contribution in [0.3, 0.4) is 0 Å². The summed E-state index contributed by atoms with van der Waals surface area (Å²) in [6, 6.07) is 0. The Morgan fingerprint density at radius 2 is 1.80 bits per heavy atom. The molecule has 0 fully saturated rings. The predicted molar refractivity (Wildman–Crippen MR) is 36.1 cm³/mol. The van der Waals surface area contributed by atoms with Crippen LogP contribution < -0.4 is 0 Å². The lowest BCUT2D eigenvalue weighted by Gasteiger charge is -1.99. The topological polar surface area (TPSA) is 25.8 Å². The van der Waals surface area contributed by atoms with Crippen molar-refractivity contribution >= 4 is 0 Å². The van der Waals surface area contributed by atoms with Gasteiger partial charge in [0.2, 0.25) is 0 Å². The second-order valence-electron chi connectivity index (χ2n) is 2.41. The van der Waals surface area contributed by atoms with Gasteiger partial charge in [-0.05, 0) is 0 Å². The number of hydrogen-bond acceptors (Lipinski definition) is 2. The Morgan fingerprint density at radius 3 is 2.20 bits per heavy atom. The molecule has 1 heterocycles. The summed E-state index contributed by atoms with van der Waals surface area (Å²) in [7, 11) is 0. The SMILES string of the molecule is CC(C)c1ncc(F)cn1. The van der Waals surface area contributed by atoms with Crippen molar-refractivity contribution in [2.45, 2.75) is 19.8 Å². The van der Waals surface area contributed by atoms with Crippen LogP contribution in [0.25, 0.3) is 0 Å². The highest BCUT2D eigenvalue weighted by molar-refractivity contribution is 4.94. The molecular weight excluding hydrogens is 131 g/mol. The summed E-state index contributed by atoms with van der Waals surface area (Å²) >= 11 is 0. The Balaban J connectivity index is 2.89. The van der Waals surface area contributed by atoms with Gasteiger partial charge in [0.1, 0.15) is 5.82 Å². The van der Waals surface area contributed by atoms with Gasteiger partial charge in [-0.15, -0.1) is 0 Å². The average Bonchev–Trinajstić information content (AvgIpc) is 1.88. The number of halogens is 1. The van der Waals surface area contributed by atoms with Gasteiger partial charge in [0.05, 0.1) is 12.4 Å². The van der Waals surface area contributed by atoms with E-state index in [2.05, 4.69) is 9.97 Å². The molecule has 3 heteroatoms. The molecule has 0 N–H and O–H groups in total. The molecule has 0 unspecified atom stereocenters. The first kappa shape index (κ1) is 7.12. The molecular formula is C7H9FN2. The van der Waals surface area contributed by atoms with Crippen molar-refractivity contribution in [1.82, 2.24) is 9.97 Å². The van der Waals surface area contributed by atoms with E-state index in [4.69, 9.17) is 0 Å². The zero-order chi connectivity index (χ0) is 7.56. The Labute approximate surface area is 59.1 Å². The third-order valence-electron chi connectivity index (χ3n) is 1.16. The van der Waals surface area contributed by atoms with Crippen molar-refractivity contribution in [3.8, 4) is 0 Å². The number of hydrogen-bond donors (Lipinski definition) is 0. The van der Waals surface area contributed by atoms with Crippen molar-refractivity contribution in [3.63, 3.8) is 0 Å². The number of nitrogens with zero attached hydrogens (tertiary/aromatic N) is 2. The molecule has 10 heavy (non-hydrogen) atoms. The fourth-order valence-electron chi connectivity index (χ4n) is 0.620. The van der Waals surface area contributed by atoms with E-state index in [9.17, 15) is 4.39 Å². The maximum Gasteiger partial charge on any atom is 0.159 e. The van der Waals surface area contributed by atoms with Crippen LogP contribution in [0.2, 0.25) is 0 Å². The summed E-state index contributed by atoms with van der Waals surface area (Å²) in [6.45, 7) is 3.93. The fourth-order valence-corrected chi connectivity index (χ4v) is 0.620. The third-order valence-corrected chi connectivity index (χ3v) is 1.16. The molecule has 0 aliphatic carbocycles. The lowest BCUT2D eigenvalue weighted by molar-refractivity contribution is 0.604. The van der Waals surface area contributed by atoms with E-state index in [1.54, 1.807) is 0 Å². The maximum absolute atomic E-state index is 12.2. The van der Waals surface area contributed by atoms with Crippen LogP contribution in [0.4, 0.5) is 4.39 Å². The van der Waals surface area contributed by atoms with Crippen molar-refractivity contribution in [1.29, 1.82) is 0 Å². The Hall–Kier alpha value is -0.990. The molecule has 0 radical (unpaired) electrons. The van der Waals surface area contributed by atoms with Crippen LogP contribution >= 0.6 is 0 Å². The molecule has 0 saturated carbocycles. The van der Waals surface area contributed by atoms with Crippen LogP contribution in [0.1, 0.15) is 25.6 Å². The van der Waals surface area contributed by atoms with Gasteiger partial charge in [0.25, 0.3) is 0 Å². The zero-order valence-corrected chi connectivity index (χ0v) is 6.00. The molecule has 0 aromatic carbocycles. The van der Waals surface area contributed by atoms with Gasteiger partial charge >= 0.3 is 0 Å². The van der Waals surface area contributed by atoms with Crippen molar-refractivity contribution in [3.05, 3.63) is 24.0 Å². The standard InChI is InChI=1S/C7H9FN2/c1-5(2)7-9-3-6(8)4-10-7/h3-5H,1-2H3. The highest BCUT2D eigenvalue weighted by atomic mass is 19.1. The van der Waals surface area contributed by atoms with E-state index >= 15 is 0 Å². The van der Waals surface area contributed by atoms with Gasteiger partial charge in [0.15, 0.2) is 5.82 Å². The first-order valence-electron chi connectivity index (χ1n) is 3.17. The van der Waals surface area contributed by atoms with Crippen molar-refractivity contribution < 1.29 is 4.39 Å². The Morgan fingerprint density at radius 1 is 1.30 bits per heavy atom. The summed E-state index contributed by atoms with van der Waals surface area (Å²) in [5.74, 6) is 0.561. The molecule has 0 spiro atoms. The molecule has 54 valence electrons. The molecule has 1 aromatic heterocycles. The molecule has 0 saturated heterocycles. The van der Waals surface area contributed by atoms with Gasteiger partial charge in [-0.1, -0.05) is 13.8 Å². The van der Waals surface area contributed by atoms with Crippen LogP contribution in [0.5, 0.6) is 0 Å². The average molecular weight is 140 g/mol. The molecule has 0 amide bonds. The highest BCUT2D eigenvalue weighted by Gasteiger charge is 2.00. The van der Waals surface area contributed by atoms with E-state index < -0.39 is 0 Å². The summed E-state index contributed by atoms with van der Waals surface area (Å²) in [4.78, 5) is 7.58. The lowest BCUT2D eigenvalue weighted by Crippen LogP contribution is -1.96. The van der Waals surface area contributed by atoms with Crippen LogP contribution in [-0.2, 0) is 0 Å². The second kappa shape index (κ2) is 2.73. The van der Waals surface area contributed by atoms with Crippen LogP contribution in [-0.4, -0.2) is 9.97 Å². The van der Waals surface area contributed by atoms with Gasteiger partial charge in [-0.3, -0.25) is 0 Å². The zero-order valence-electron chi connectivity index (χ0n) is 6.00. The van der Waals surface area contributed by atoms with Crippen molar-refractivity contribution in [2.75, 3.05) is 0 Å². The summed E-state index contributed by atoms with van der Waals surface area (Å²) in [6.07, 6.45) is 2.37. The molecule has 1 rings (SSSR count). The molecule has 1 aromatic rings. The summed E-state index contributed by atoms with van der Waals surface area (Å²) < 4.78 is 12.2. The first-order chi connectivity index (χ1) is 4.70. The van der Waals surface area contributed by atoms with E-state index in [1.165, 1.54) is 12.4 Å². The monoisotopic (exact) mass is 140 g/mol. The number of aromatic nitrogens is 2. The summed E-state index contributed by atoms with van der Waals surface area (Å²) in [5, 5.41) is 0. The van der Waals surface area contributed by atoms with E-state index in [0.717, 1.165) is 0 Å². The predicted octanol–water partition coefficient (Wildman–Crippen LogP) is 1.74. The van der Waals surface area contributed by atoms with E-state index in [1.807, 2.05) is 13.8 Å². The lowest BCUT2D eigenvalue weighted by atomic mass is 10.2. The Bertz CT molecular complexity index is 205. The first-order valence-corrected chi connectivity index (χ1v) is 3.17. The highest BCUT2D eigenvalue weighted by Crippen LogP contribution is 2.06. The van der Waals surface area contributed by atoms with Gasteiger partial charge < -0.3 is 0 Å². The smallest absolute Gasteiger partial charge is 0.159 e. The van der Waals surface area contributed by atoms with Gasteiger partial charge in [-0.2, -0.15) is 0 Å². The molecule has 0 aliphatic heterocycles. The second-order valence-corrected chi connectivity index (χ2v) is 2.41. The largest absolute Gasteiger partial charge is 0.238 e. The fraction of sp³-hybridized carbons (Fsp3) is 0.429. The molecule has 0 bridgehead atoms. The minimum Gasteiger partial charge on any atom is -0.238 e. The van der Waals surface area contributed by atoms with Gasteiger partial charge in [0, 0.05) is 5.92 Å². The minimum absolute atomic E-state index is 0.264.